The van der Waals surface area contributed by atoms with E-state index in [0.29, 0.717) is 11.1 Å². The van der Waals surface area contributed by atoms with E-state index in [9.17, 15) is 4.79 Å². The number of nitrogens with two attached hydrogens (primary N) is 1. The fraction of sp³-hybridized carbons (Fsp3) is 0. The number of primary amides is 1. The van der Waals surface area contributed by atoms with Gasteiger partial charge in [0.1, 0.15) is 5.52 Å². The number of hydrogen-bond donors (Lipinski definition) is 1. The molecule has 2 aromatic heterocycles. The molecule has 0 unspecified atom stereocenters. The highest BCUT2D eigenvalue weighted by molar-refractivity contribution is 14.1. The van der Waals surface area contributed by atoms with E-state index in [1.54, 1.807) is 16.9 Å². The zero-order valence-electron chi connectivity index (χ0n) is 13.1. The fourth-order valence-electron chi connectivity index (χ4n) is 2.76. The molecule has 5 nitrogen and oxygen atoms in total. The molecule has 0 radical (unpaired) electrons. The minimum absolute atomic E-state index is 0.438. The van der Waals surface area contributed by atoms with Gasteiger partial charge in [0.25, 0.3) is 5.91 Å². The number of amides is 1. The van der Waals surface area contributed by atoms with Crippen molar-refractivity contribution < 1.29 is 4.79 Å². The normalized spacial score (nSPS) is 10.9. The second-order valence-corrected chi connectivity index (χ2v) is 6.86. The first kappa shape index (κ1) is 15.8. The van der Waals surface area contributed by atoms with Gasteiger partial charge in [0, 0.05) is 27.5 Å². The molecule has 4 rings (SSSR count). The van der Waals surface area contributed by atoms with Crippen LogP contribution in [0.4, 0.5) is 0 Å². The summed E-state index contributed by atoms with van der Waals surface area (Å²) in [4.78, 5) is 15.8. The van der Waals surface area contributed by atoms with Crippen LogP contribution in [-0.4, -0.2) is 20.7 Å². The Bertz CT molecular complexity index is 1070. The summed E-state index contributed by atoms with van der Waals surface area (Å²) in [6.45, 7) is 0. The van der Waals surface area contributed by atoms with Crippen molar-refractivity contribution in [1.29, 1.82) is 0 Å². The van der Waals surface area contributed by atoms with Gasteiger partial charge in [0.15, 0.2) is 0 Å². The molecule has 0 saturated carbocycles. The van der Waals surface area contributed by atoms with E-state index in [1.165, 1.54) is 0 Å². The smallest absolute Gasteiger partial charge is 0.251 e. The number of fused-ring (bicyclic) bond motifs is 1. The van der Waals surface area contributed by atoms with Crippen LogP contribution in [0.5, 0.6) is 0 Å². The average Bonchev–Trinajstić information content (AvgIpc) is 3.05. The van der Waals surface area contributed by atoms with Crippen LogP contribution in [0.3, 0.4) is 0 Å². The quantitative estimate of drug-likeness (QED) is 0.493. The van der Waals surface area contributed by atoms with Crippen molar-refractivity contribution in [2.24, 2.45) is 5.73 Å². The zero-order chi connectivity index (χ0) is 17.4. The van der Waals surface area contributed by atoms with E-state index in [-0.39, 0.29) is 0 Å². The predicted molar refractivity (Wildman–Crippen MR) is 106 cm³/mol. The van der Waals surface area contributed by atoms with Gasteiger partial charge in [-0.15, -0.1) is 0 Å². The lowest BCUT2D eigenvalue weighted by atomic mass is 10.1. The molecule has 0 fully saturated rings. The van der Waals surface area contributed by atoms with Gasteiger partial charge >= 0.3 is 0 Å². The number of pyridine rings is 1. The van der Waals surface area contributed by atoms with E-state index < -0.39 is 5.91 Å². The first-order valence-corrected chi connectivity index (χ1v) is 8.69. The Hall–Kier alpha value is -2.74. The fourth-order valence-corrected chi connectivity index (χ4v) is 3.41. The second kappa shape index (κ2) is 6.29. The maximum Gasteiger partial charge on any atom is 0.251 e. The Balaban J connectivity index is 1.77. The van der Waals surface area contributed by atoms with E-state index >= 15 is 0 Å². The molecule has 2 aromatic carbocycles. The van der Waals surface area contributed by atoms with Gasteiger partial charge in [0.05, 0.1) is 11.3 Å². The molecule has 2 N–H and O–H groups in total. The number of nitrogens with zero attached hydrogens (tertiary/aromatic N) is 3. The van der Waals surface area contributed by atoms with Crippen LogP contribution < -0.4 is 5.73 Å². The molecule has 0 aliphatic rings. The highest BCUT2D eigenvalue weighted by atomic mass is 127. The summed E-state index contributed by atoms with van der Waals surface area (Å²) in [5.74, 6) is -0.472. The highest BCUT2D eigenvalue weighted by Crippen LogP contribution is 2.24. The maximum absolute atomic E-state index is 11.7. The number of rotatable bonds is 3. The highest BCUT2D eigenvalue weighted by Gasteiger charge is 2.13. The van der Waals surface area contributed by atoms with Crippen molar-refractivity contribution in [3.05, 3.63) is 76.3 Å². The zero-order valence-corrected chi connectivity index (χ0v) is 15.2. The van der Waals surface area contributed by atoms with Crippen molar-refractivity contribution in [3.8, 4) is 16.8 Å². The molecule has 0 saturated heterocycles. The van der Waals surface area contributed by atoms with Crippen molar-refractivity contribution in [1.82, 2.24) is 14.8 Å². The molecule has 6 heteroatoms. The average molecular weight is 440 g/mol. The Morgan fingerprint density at radius 2 is 1.88 bits per heavy atom. The Morgan fingerprint density at radius 3 is 2.56 bits per heavy atom. The van der Waals surface area contributed by atoms with Crippen LogP contribution in [0, 0.1) is 3.57 Å². The lowest BCUT2D eigenvalue weighted by Gasteiger charge is -2.04. The summed E-state index contributed by atoms with van der Waals surface area (Å²) in [6.07, 6.45) is 5.49. The van der Waals surface area contributed by atoms with Gasteiger partial charge in [-0.05, 0) is 64.0 Å². The summed E-state index contributed by atoms with van der Waals surface area (Å²) >= 11 is 2.17. The molecule has 4 aromatic rings. The number of aromatic nitrogens is 3. The lowest BCUT2D eigenvalue weighted by molar-refractivity contribution is 0.100. The van der Waals surface area contributed by atoms with Crippen LogP contribution in [-0.2, 0) is 0 Å². The lowest BCUT2D eigenvalue weighted by Crippen LogP contribution is -2.12. The first-order valence-electron chi connectivity index (χ1n) is 7.61. The minimum Gasteiger partial charge on any atom is -0.366 e. The number of halogens is 1. The third-order valence-electron chi connectivity index (χ3n) is 3.97. The summed E-state index contributed by atoms with van der Waals surface area (Å²) in [5.41, 5.74) is 9.59. The van der Waals surface area contributed by atoms with Gasteiger partial charge in [0.2, 0.25) is 0 Å². The third kappa shape index (κ3) is 3.00. The molecule has 0 aliphatic carbocycles. The van der Waals surface area contributed by atoms with Gasteiger partial charge in [-0.3, -0.25) is 9.78 Å². The Morgan fingerprint density at radius 1 is 1.08 bits per heavy atom. The molecule has 2 heterocycles. The third-order valence-corrected chi connectivity index (χ3v) is 4.59. The molecule has 1 amide bonds. The second-order valence-electron chi connectivity index (χ2n) is 5.62. The van der Waals surface area contributed by atoms with Gasteiger partial charge < -0.3 is 5.73 Å². The molecule has 0 atom stereocenters. The summed E-state index contributed by atoms with van der Waals surface area (Å²) in [6, 6.07) is 15.7. The van der Waals surface area contributed by atoms with Crippen molar-refractivity contribution in [2.75, 3.05) is 0 Å². The minimum atomic E-state index is -0.472. The van der Waals surface area contributed by atoms with Crippen LogP contribution >= 0.6 is 22.6 Å². The van der Waals surface area contributed by atoms with E-state index in [2.05, 4.69) is 32.7 Å². The number of carbonyl (C=O) groups excluding carboxylic acids is 1. The van der Waals surface area contributed by atoms with E-state index in [1.807, 2.05) is 54.9 Å². The number of hydrogen-bond acceptors (Lipinski definition) is 3. The van der Waals surface area contributed by atoms with Crippen molar-refractivity contribution in [2.45, 2.75) is 0 Å². The largest absolute Gasteiger partial charge is 0.366 e. The van der Waals surface area contributed by atoms with Gasteiger partial charge in [-0.1, -0.05) is 18.2 Å². The summed E-state index contributed by atoms with van der Waals surface area (Å²) in [7, 11) is 0. The monoisotopic (exact) mass is 440 g/mol. The van der Waals surface area contributed by atoms with Gasteiger partial charge in [-0.2, -0.15) is 5.10 Å². The molecule has 0 spiro atoms. The predicted octanol–water partition coefficient (Wildman–Crippen LogP) is 3.79. The van der Waals surface area contributed by atoms with Crippen LogP contribution in [0.15, 0.2) is 67.1 Å². The molecule has 0 aliphatic heterocycles. The number of benzene rings is 2. The Labute approximate surface area is 157 Å². The Kier molecular flexibility index (Phi) is 3.96. The molecule has 122 valence electrons. The number of carbonyl (C=O) groups is 1. The topological polar surface area (TPSA) is 73.8 Å². The van der Waals surface area contributed by atoms with E-state index in [0.717, 1.165) is 25.8 Å². The molecular formula is C19H13IN4O. The van der Waals surface area contributed by atoms with Crippen LogP contribution in [0.25, 0.3) is 27.7 Å². The SMILES string of the molecule is NC(=O)c1cc(I)cc2cn(-c3ccc(-c4cccnc4)cc3)nc12. The maximum atomic E-state index is 11.7. The first-order chi connectivity index (χ1) is 12.1. The van der Waals surface area contributed by atoms with Crippen LogP contribution in [0.2, 0.25) is 0 Å². The molecule has 0 bridgehead atoms. The molecule has 25 heavy (non-hydrogen) atoms. The van der Waals surface area contributed by atoms with Gasteiger partial charge in [-0.25, -0.2) is 4.68 Å². The van der Waals surface area contributed by atoms with E-state index in [4.69, 9.17) is 5.73 Å². The van der Waals surface area contributed by atoms with Crippen LogP contribution in [0.1, 0.15) is 10.4 Å². The summed E-state index contributed by atoms with van der Waals surface area (Å²) < 4.78 is 2.71. The van der Waals surface area contributed by atoms with Crippen molar-refractivity contribution >= 4 is 39.4 Å². The van der Waals surface area contributed by atoms with Crippen molar-refractivity contribution in [3.63, 3.8) is 0 Å². The standard InChI is InChI=1S/C19H13IN4O/c20-15-8-14-11-24(23-18(14)17(9-15)19(21)25)16-5-3-12(4-6-16)13-2-1-7-22-10-13/h1-11H,(H2,21,25). The summed E-state index contributed by atoms with van der Waals surface area (Å²) in [5, 5.41) is 5.43. The molecular weight excluding hydrogens is 427 g/mol.